The summed E-state index contributed by atoms with van der Waals surface area (Å²) in [4.78, 5) is 8.60. The normalized spacial score (nSPS) is 28.1. The van der Waals surface area contributed by atoms with E-state index in [9.17, 15) is 8.78 Å². The molecule has 1 fully saturated rings. The van der Waals surface area contributed by atoms with E-state index in [1.807, 2.05) is 6.07 Å². The molecule has 4 rings (SSSR count). The molecule has 0 saturated carbocycles. The Bertz CT molecular complexity index is 926. The molecule has 1 aromatic heterocycles. The number of amidine groups is 1. The van der Waals surface area contributed by atoms with Crippen molar-refractivity contribution in [2.45, 2.75) is 18.1 Å². The number of hydrogen-bond acceptors (Lipinski definition) is 7. The zero-order chi connectivity index (χ0) is 18.3. The van der Waals surface area contributed by atoms with E-state index >= 15 is 0 Å². The maximum absolute atomic E-state index is 14.5. The summed E-state index contributed by atoms with van der Waals surface area (Å²) < 4.78 is 39.1. The number of halogens is 2. The van der Waals surface area contributed by atoms with E-state index in [-0.39, 0.29) is 23.8 Å². The molecule has 2 aromatic rings. The van der Waals surface area contributed by atoms with E-state index in [1.165, 1.54) is 30.2 Å². The van der Waals surface area contributed by atoms with E-state index < -0.39 is 23.3 Å². The van der Waals surface area contributed by atoms with Gasteiger partial charge in [0.25, 0.3) is 0 Å². The number of thioether (sulfide) groups is 1. The number of aromatic nitrogens is 1. The molecule has 6 nitrogen and oxygen atoms in total. The Labute approximate surface area is 152 Å². The van der Waals surface area contributed by atoms with Gasteiger partial charge in [0.05, 0.1) is 6.61 Å². The molecule has 0 amide bonds. The number of oxazole rings is 1. The Morgan fingerprint density at radius 3 is 2.96 bits per heavy atom. The first kappa shape index (κ1) is 17.0. The van der Waals surface area contributed by atoms with E-state index in [0.29, 0.717) is 23.2 Å². The summed E-state index contributed by atoms with van der Waals surface area (Å²) in [5.41, 5.74) is 5.32. The van der Waals surface area contributed by atoms with Gasteiger partial charge in [-0.2, -0.15) is 5.26 Å². The van der Waals surface area contributed by atoms with Crippen LogP contribution in [0, 0.1) is 28.9 Å². The van der Waals surface area contributed by atoms with Crippen LogP contribution in [0.5, 0.6) is 0 Å². The first-order valence-electron chi connectivity index (χ1n) is 7.92. The van der Waals surface area contributed by atoms with Crippen molar-refractivity contribution in [3.8, 4) is 6.07 Å². The van der Waals surface area contributed by atoms with Crippen molar-refractivity contribution < 1.29 is 17.9 Å². The van der Waals surface area contributed by atoms with Gasteiger partial charge in [0.2, 0.25) is 5.89 Å². The Hall–Kier alpha value is -2.44. The molecule has 134 valence electrons. The Kier molecular flexibility index (Phi) is 4.17. The quantitative estimate of drug-likeness (QED) is 0.866. The molecule has 1 saturated heterocycles. The Balaban J connectivity index is 1.71. The molecule has 2 N–H and O–H groups in total. The molecular formula is C17H14F2N4O2S. The number of fused-ring (bicyclic) bond motifs is 1. The van der Waals surface area contributed by atoms with Gasteiger partial charge in [-0.25, -0.2) is 18.8 Å². The molecule has 0 aliphatic carbocycles. The molecule has 1 aromatic carbocycles. The number of rotatable bonds is 2. The predicted molar refractivity (Wildman–Crippen MR) is 90.1 cm³/mol. The van der Waals surface area contributed by atoms with E-state index in [4.69, 9.17) is 20.1 Å². The average Bonchev–Trinajstić information content (AvgIpc) is 3.10. The lowest BCUT2D eigenvalue weighted by Gasteiger charge is -2.45. The number of nitrogens with two attached hydrogens (primary N) is 1. The van der Waals surface area contributed by atoms with Crippen molar-refractivity contribution in [3.05, 3.63) is 53.2 Å². The standard InChI is InChI=1S/C17H14F2N4O2S/c18-10-1-2-12(13(19)4-10)17-8-25-14(15-22-11(5-20)6-24-15)3-9(17)7-26-16(21)23-17/h1-2,4,6,9,14H,3,7-8H2,(H2,21,23). The number of nitrogens with zero attached hydrogens (tertiary/aromatic N) is 3. The van der Waals surface area contributed by atoms with Crippen molar-refractivity contribution in [2.75, 3.05) is 12.4 Å². The summed E-state index contributed by atoms with van der Waals surface area (Å²) in [5.74, 6) is -0.529. The second-order valence-electron chi connectivity index (χ2n) is 6.22. The van der Waals surface area contributed by atoms with Gasteiger partial charge in [-0.1, -0.05) is 17.8 Å². The third-order valence-corrected chi connectivity index (χ3v) is 5.69. The van der Waals surface area contributed by atoms with Gasteiger partial charge in [0, 0.05) is 23.3 Å². The number of aliphatic imine (C=N–C) groups is 1. The van der Waals surface area contributed by atoms with E-state index in [2.05, 4.69) is 9.98 Å². The van der Waals surface area contributed by atoms with Crippen molar-refractivity contribution in [1.82, 2.24) is 4.98 Å². The van der Waals surface area contributed by atoms with Crippen molar-refractivity contribution in [2.24, 2.45) is 16.6 Å². The van der Waals surface area contributed by atoms with E-state index in [1.54, 1.807) is 0 Å². The lowest BCUT2D eigenvalue weighted by molar-refractivity contribution is -0.0697. The van der Waals surface area contributed by atoms with Crippen LogP contribution in [-0.4, -0.2) is 22.5 Å². The van der Waals surface area contributed by atoms with Crippen molar-refractivity contribution in [3.63, 3.8) is 0 Å². The fourth-order valence-corrected chi connectivity index (χ4v) is 4.48. The van der Waals surface area contributed by atoms with Gasteiger partial charge in [-0.15, -0.1) is 0 Å². The smallest absolute Gasteiger partial charge is 0.224 e. The van der Waals surface area contributed by atoms with Crippen LogP contribution in [0.2, 0.25) is 0 Å². The number of nitriles is 1. The van der Waals surface area contributed by atoms with Crippen LogP contribution in [0.25, 0.3) is 0 Å². The Morgan fingerprint density at radius 2 is 2.23 bits per heavy atom. The minimum atomic E-state index is -1.02. The summed E-state index contributed by atoms with van der Waals surface area (Å²) in [6.07, 6.45) is 1.27. The second kappa shape index (κ2) is 6.37. The zero-order valence-electron chi connectivity index (χ0n) is 13.5. The van der Waals surface area contributed by atoms with Crippen molar-refractivity contribution in [1.29, 1.82) is 5.26 Å². The molecule has 26 heavy (non-hydrogen) atoms. The van der Waals surface area contributed by atoms with Gasteiger partial charge >= 0.3 is 0 Å². The molecule has 0 spiro atoms. The van der Waals surface area contributed by atoms with E-state index in [0.717, 1.165) is 6.07 Å². The number of benzene rings is 1. The first-order chi connectivity index (χ1) is 12.5. The lowest BCUT2D eigenvalue weighted by Crippen LogP contribution is -2.48. The van der Waals surface area contributed by atoms with Crippen LogP contribution in [0.4, 0.5) is 8.78 Å². The molecule has 2 aliphatic heterocycles. The largest absolute Gasteiger partial charge is 0.445 e. The highest BCUT2D eigenvalue weighted by Crippen LogP contribution is 2.49. The minimum absolute atomic E-state index is 0.0520. The topological polar surface area (TPSA) is 97.4 Å². The summed E-state index contributed by atoms with van der Waals surface area (Å²) in [5, 5.41) is 9.23. The molecule has 0 bridgehead atoms. The van der Waals surface area contributed by atoms with Gasteiger partial charge in [-0.3, -0.25) is 0 Å². The fourth-order valence-electron chi connectivity index (χ4n) is 3.47. The summed E-state index contributed by atoms with van der Waals surface area (Å²) >= 11 is 1.39. The van der Waals surface area contributed by atoms with Crippen LogP contribution in [0.15, 0.2) is 33.9 Å². The zero-order valence-corrected chi connectivity index (χ0v) is 14.3. The molecule has 0 radical (unpaired) electrons. The van der Waals surface area contributed by atoms with Crippen LogP contribution >= 0.6 is 11.8 Å². The molecular weight excluding hydrogens is 362 g/mol. The average molecular weight is 376 g/mol. The highest BCUT2D eigenvalue weighted by atomic mass is 32.2. The van der Waals surface area contributed by atoms with Crippen LogP contribution in [0.3, 0.4) is 0 Å². The van der Waals surface area contributed by atoms with Crippen LogP contribution in [-0.2, 0) is 10.3 Å². The highest BCUT2D eigenvalue weighted by molar-refractivity contribution is 8.13. The van der Waals surface area contributed by atoms with Gasteiger partial charge < -0.3 is 14.9 Å². The predicted octanol–water partition coefficient (Wildman–Crippen LogP) is 2.86. The van der Waals surface area contributed by atoms with Gasteiger partial charge in [-0.05, 0) is 12.5 Å². The molecule has 3 atom stereocenters. The Morgan fingerprint density at radius 1 is 1.38 bits per heavy atom. The van der Waals surface area contributed by atoms with Gasteiger partial charge in [0.1, 0.15) is 35.6 Å². The molecule has 3 heterocycles. The highest BCUT2D eigenvalue weighted by Gasteiger charge is 2.50. The molecule has 3 unspecified atom stereocenters. The molecule has 2 aliphatic rings. The molecule has 9 heteroatoms. The maximum Gasteiger partial charge on any atom is 0.224 e. The monoisotopic (exact) mass is 376 g/mol. The minimum Gasteiger partial charge on any atom is -0.445 e. The second-order valence-corrected chi connectivity index (χ2v) is 7.26. The van der Waals surface area contributed by atoms with Crippen LogP contribution in [0.1, 0.15) is 29.7 Å². The van der Waals surface area contributed by atoms with Crippen LogP contribution < -0.4 is 5.73 Å². The SMILES string of the molecule is N#Cc1coc(C2CC3CSC(N)=NC3(c3ccc(F)cc3F)CO2)n1. The maximum atomic E-state index is 14.5. The summed E-state index contributed by atoms with van der Waals surface area (Å²) in [7, 11) is 0. The fraction of sp³-hybridized carbons (Fsp3) is 0.353. The summed E-state index contributed by atoms with van der Waals surface area (Å²) in [6.45, 7) is 0.0520. The third-order valence-electron chi connectivity index (χ3n) is 4.73. The van der Waals surface area contributed by atoms with Gasteiger partial charge in [0.15, 0.2) is 10.9 Å². The first-order valence-corrected chi connectivity index (χ1v) is 8.91. The number of ether oxygens (including phenoxy) is 1. The summed E-state index contributed by atoms with van der Waals surface area (Å²) in [6, 6.07) is 5.35. The lowest BCUT2D eigenvalue weighted by atomic mass is 9.75. The number of hydrogen-bond donors (Lipinski definition) is 1. The van der Waals surface area contributed by atoms with Crippen molar-refractivity contribution >= 4 is 16.9 Å². The third kappa shape index (κ3) is 2.75.